The molecule has 3 aromatic carbocycles. The van der Waals surface area contributed by atoms with E-state index in [1.165, 1.54) is 17.7 Å². The molecule has 0 unspecified atom stereocenters. The van der Waals surface area contributed by atoms with Crippen molar-refractivity contribution in [2.75, 3.05) is 26.2 Å². The second kappa shape index (κ2) is 10.5. The molecule has 5 rings (SSSR count). The molecular formula is C30H31FN2O2. The number of carbonyl (C=O) groups excluding carboxylic acids is 1. The van der Waals surface area contributed by atoms with Crippen LogP contribution >= 0.6 is 0 Å². The third-order valence-electron chi connectivity index (χ3n) is 7.34. The Hall–Kier alpha value is -3.28. The molecule has 2 aliphatic rings. The van der Waals surface area contributed by atoms with Gasteiger partial charge in [0.1, 0.15) is 5.82 Å². The third kappa shape index (κ3) is 5.07. The number of amides is 1. The van der Waals surface area contributed by atoms with E-state index in [-0.39, 0.29) is 36.3 Å². The summed E-state index contributed by atoms with van der Waals surface area (Å²) in [6.07, 6.45) is 6.11. The molecule has 0 spiro atoms. The SMILES string of the molecule is O=C(c1ccc(F)cc1)N1CCCCN2[C@@H](CO)[C@H](c3ccc(/C=C/c4ccccc4)cc3)[C@@H]2C1. The zero-order valence-electron chi connectivity index (χ0n) is 19.8. The summed E-state index contributed by atoms with van der Waals surface area (Å²) in [7, 11) is 0. The van der Waals surface area contributed by atoms with Gasteiger partial charge in [-0.2, -0.15) is 0 Å². The summed E-state index contributed by atoms with van der Waals surface area (Å²) in [5, 5.41) is 10.2. The molecule has 3 aromatic rings. The van der Waals surface area contributed by atoms with Crippen LogP contribution in [0.15, 0.2) is 78.9 Å². The van der Waals surface area contributed by atoms with E-state index >= 15 is 0 Å². The average Bonchev–Trinajstić information content (AvgIpc) is 2.88. The van der Waals surface area contributed by atoms with Crippen LogP contribution in [0.1, 0.15) is 45.8 Å². The van der Waals surface area contributed by atoms with Crippen LogP contribution in [0, 0.1) is 5.82 Å². The zero-order valence-corrected chi connectivity index (χ0v) is 19.8. The van der Waals surface area contributed by atoms with E-state index in [0.29, 0.717) is 18.7 Å². The molecule has 180 valence electrons. The number of benzene rings is 3. The van der Waals surface area contributed by atoms with Gasteiger partial charge >= 0.3 is 0 Å². The van der Waals surface area contributed by atoms with Crippen molar-refractivity contribution in [3.63, 3.8) is 0 Å². The first-order chi connectivity index (χ1) is 17.1. The van der Waals surface area contributed by atoms with Crippen molar-refractivity contribution in [2.24, 2.45) is 0 Å². The smallest absolute Gasteiger partial charge is 0.253 e. The fourth-order valence-corrected chi connectivity index (χ4v) is 5.49. The Morgan fingerprint density at radius 1 is 0.886 bits per heavy atom. The lowest BCUT2D eigenvalue weighted by atomic mass is 9.74. The maximum atomic E-state index is 13.4. The summed E-state index contributed by atoms with van der Waals surface area (Å²) in [5.74, 6) is -0.236. The molecule has 2 fully saturated rings. The minimum absolute atomic E-state index is 0.0561. The van der Waals surface area contributed by atoms with Gasteiger partial charge in [-0.3, -0.25) is 9.69 Å². The van der Waals surface area contributed by atoms with Gasteiger partial charge in [0.25, 0.3) is 5.91 Å². The Bertz CT molecular complexity index is 1160. The van der Waals surface area contributed by atoms with Crippen molar-refractivity contribution in [3.05, 3.63) is 107 Å². The summed E-state index contributed by atoms with van der Waals surface area (Å²) in [5.41, 5.74) is 3.99. The van der Waals surface area contributed by atoms with Crippen molar-refractivity contribution >= 4 is 18.1 Å². The zero-order chi connectivity index (χ0) is 24.2. The van der Waals surface area contributed by atoms with Crippen molar-refractivity contribution in [1.82, 2.24) is 9.80 Å². The van der Waals surface area contributed by atoms with E-state index in [1.54, 1.807) is 12.1 Å². The number of nitrogens with zero attached hydrogens (tertiary/aromatic N) is 2. The topological polar surface area (TPSA) is 43.8 Å². The molecule has 1 N–H and O–H groups in total. The van der Waals surface area contributed by atoms with Gasteiger partial charge in [0.2, 0.25) is 0 Å². The normalized spacial score (nSPS) is 22.8. The quantitative estimate of drug-likeness (QED) is 0.530. The average molecular weight is 471 g/mol. The van der Waals surface area contributed by atoms with E-state index in [0.717, 1.165) is 30.5 Å². The standard InChI is InChI=1S/C30H31FN2O2/c31-26-16-14-25(15-17-26)30(35)32-18-4-5-19-33-27(20-32)29(28(33)21-34)24-12-10-23(11-13-24)9-8-22-6-2-1-3-7-22/h1-3,6-17,27-29,34H,4-5,18-21H2/b9-8+/t27-,28-,29+/m0/s1. The van der Waals surface area contributed by atoms with Crippen LogP contribution in [-0.4, -0.2) is 59.1 Å². The van der Waals surface area contributed by atoms with Gasteiger partial charge in [-0.15, -0.1) is 0 Å². The second-order valence-corrected chi connectivity index (χ2v) is 9.46. The lowest BCUT2D eigenvalue weighted by Crippen LogP contribution is -2.67. The summed E-state index contributed by atoms with van der Waals surface area (Å²) in [6, 6.07) is 24.8. The monoisotopic (exact) mass is 470 g/mol. The van der Waals surface area contributed by atoms with Gasteiger partial charge in [-0.05, 0) is 60.3 Å². The number of halogens is 1. The summed E-state index contributed by atoms with van der Waals surface area (Å²) < 4.78 is 13.4. The van der Waals surface area contributed by atoms with Crippen LogP contribution in [0.2, 0.25) is 0 Å². The highest BCUT2D eigenvalue weighted by Gasteiger charge is 2.49. The van der Waals surface area contributed by atoms with Crippen LogP contribution in [-0.2, 0) is 0 Å². The molecule has 0 bridgehead atoms. The van der Waals surface area contributed by atoms with Crippen molar-refractivity contribution in [1.29, 1.82) is 0 Å². The Morgan fingerprint density at radius 3 is 2.23 bits per heavy atom. The predicted molar refractivity (Wildman–Crippen MR) is 137 cm³/mol. The van der Waals surface area contributed by atoms with Gasteiger partial charge in [0.05, 0.1) is 6.61 Å². The van der Waals surface area contributed by atoms with Crippen LogP contribution < -0.4 is 0 Å². The Labute approximate surface area is 206 Å². The van der Waals surface area contributed by atoms with E-state index in [1.807, 2.05) is 23.1 Å². The lowest BCUT2D eigenvalue weighted by molar-refractivity contribution is -0.0606. The molecule has 1 amide bonds. The van der Waals surface area contributed by atoms with E-state index < -0.39 is 0 Å². The molecule has 0 aromatic heterocycles. The van der Waals surface area contributed by atoms with Gasteiger partial charge in [0.15, 0.2) is 0 Å². The Morgan fingerprint density at radius 2 is 1.54 bits per heavy atom. The first kappa shape index (κ1) is 23.5. The molecule has 0 radical (unpaired) electrons. The van der Waals surface area contributed by atoms with E-state index in [4.69, 9.17) is 0 Å². The highest BCUT2D eigenvalue weighted by molar-refractivity contribution is 5.94. The van der Waals surface area contributed by atoms with Crippen molar-refractivity contribution < 1.29 is 14.3 Å². The first-order valence-electron chi connectivity index (χ1n) is 12.4. The van der Waals surface area contributed by atoms with Gasteiger partial charge in [-0.1, -0.05) is 66.7 Å². The second-order valence-electron chi connectivity index (χ2n) is 9.46. The van der Waals surface area contributed by atoms with Gasteiger partial charge in [-0.25, -0.2) is 4.39 Å². The number of rotatable bonds is 5. The fourth-order valence-electron chi connectivity index (χ4n) is 5.49. The molecule has 0 aliphatic carbocycles. The number of aliphatic hydroxyl groups excluding tert-OH is 1. The third-order valence-corrected chi connectivity index (χ3v) is 7.34. The number of aliphatic hydroxyl groups is 1. The van der Waals surface area contributed by atoms with Crippen molar-refractivity contribution in [3.8, 4) is 0 Å². The molecule has 0 saturated carbocycles. The van der Waals surface area contributed by atoms with E-state index in [9.17, 15) is 14.3 Å². The Balaban J connectivity index is 1.34. The van der Waals surface area contributed by atoms with Crippen LogP contribution in [0.4, 0.5) is 4.39 Å². The summed E-state index contributed by atoms with van der Waals surface area (Å²) >= 11 is 0. The lowest BCUT2D eigenvalue weighted by Gasteiger charge is -2.57. The fraction of sp³-hybridized carbons (Fsp3) is 0.300. The van der Waals surface area contributed by atoms with Gasteiger partial charge < -0.3 is 10.0 Å². The Kier molecular flexibility index (Phi) is 7.07. The van der Waals surface area contributed by atoms with Crippen LogP contribution in [0.25, 0.3) is 12.2 Å². The predicted octanol–water partition coefficient (Wildman–Crippen LogP) is 5.06. The van der Waals surface area contributed by atoms with Gasteiger partial charge in [0, 0.05) is 36.7 Å². The minimum atomic E-state index is -0.340. The number of carbonyl (C=O) groups is 1. The number of hydrogen-bond acceptors (Lipinski definition) is 3. The molecular weight excluding hydrogens is 439 g/mol. The molecule has 2 aliphatic heterocycles. The minimum Gasteiger partial charge on any atom is -0.395 e. The summed E-state index contributed by atoms with van der Waals surface area (Å²) in [6.45, 7) is 2.33. The number of hydrogen-bond donors (Lipinski definition) is 1. The van der Waals surface area contributed by atoms with Crippen LogP contribution in [0.3, 0.4) is 0 Å². The first-order valence-corrected chi connectivity index (χ1v) is 12.4. The molecule has 35 heavy (non-hydrogen) atoms. The maximum Gasteiger partial charge on any atom is 0.253 e. The molecule has 4 nitrogen and oxygen atoms in total. The van der Waals surface area contributed by atoms with E-state index in [2.05, 4.69) is 53.5 Å². The molecule has 2 saturated heterocycles. The number of fused-ring (bicyclic) bond motifs is 1. The van der Waals surface area contributed by atoms with Crippen LogP contribution in [0.5, 0.6) is 0 Å². The highest BCUT2D eigenvalue weighted by Crippen LogP contribution is 2.42. The summed E-state index contributed by atoms with van der Waals surface area (Å²) in [4.78, 5) is 17.5. The largest absolute Gasteiger partial charge is 0.395 e. The molecule has 2 heterocycles. The van der Waals surface area contributed by atoms with Crippen molar-refractivity contribution in [2.45, 2.75) is 30.8 Å². The highest BCUT2D eigenvalue weighted by atomic mass is 19.1. The maximum absolute atomic E-state index is 13.4. The molecule has 3 atom stereocenters. The molecule has 5 heteroatoms.